The molecule has 6 heteroatoms. The number of hydrogen-bond donors (Lipinski definition) is 0. The molecule has 1 aromatic rings. The number of allylic oxidation sites excluding steroid dienone is 1. The number of carbonyl (C=O) groups is 2. The van der Waals surface area contributed by atoms with Crippen LogP contribution in [0, 0.1) is 0 Å². The number of hydrogen-bond acceptors (Lipinski definition) is 3. The molecule has 0 fully saturated rings. The van der Waals surface area contributed by atoms with Gasteiger partial charge in [0.25, 0.3) is 0 Å². The quantitative estimate of drug-likeness (QED) is 0.370. The zero-order valence-corrected chi connectivity index (χ0v) is 10.9. The number of esters is 1. The van der Waals surface area contributed by atoms with Crippen molar-refractivity contribution in [1.82, 2.24) is 0 Å². The minimum atomic E-state index is -0.630. The lowest BCUT2D eigenvalue weighted by Gasteiger charge is -2.03. The van der Waals surface area contributed by atoms with Crippen molar-refractivity contribution < 1.29 is 14.3 Å². The van der Waals surface area contributed by atoms with Crippen molar-refractivity contribution in [3.8, 4) is 0 Å². The van der Waals surface area contributed by atoms with Crippen LogP contribution in [0.2, 0.25) is 15.1 Å². The Morgan fingerprint density at radius 1 is 1.12 bits per heavy atom. The van der Waals surface area contributed by atoms with E-state index in [0.29, 0.717) is 0 Å². The molecule has 3 nitrogen and oxygen atoms in total. The van der Waals surface area contributed by atoms with Crippen molar-refractivity contribution in [1.29, 1.82) is 0 Å². The molecular weight excluding hydrogens is 286 g/mol. The molecule has 0 saturated carbocycles. The number of rotatable bonds is 3. The fourth-order valence-electron chi connectivity index (χ4n) is 1.02. The van der Waals surface area contributed by atoms with Crippen molar-refractivity contribution in [3.63, 3.8) is 0 Å². The van der Waals surface area contributed by atoms with Gasteiger partial charge in [0.05, 0.1) is 22.2 Å². The third-order valence-corrected chi connectivity index (χ3v) is 3.17. The minimum Gasteiger partial charge on any atom is -0.466 e. The second-order valence-corrected chi connectivity index (χ2v) is 4.11. The van der Waals surface area contributed by atoms with Gasteiger partial charge in [-0.2, -0.15) is 0 Å². The summed E-state index contributed by atoms with van der Waals surface area (Å²) in [5.41, 5.74) is 0.168. The first-order valence-electron chi connectivity index (χ1n) is 4.41. The Bertz CT molecular complexity index is 495. The molecule has 0 spiro atoms. The van der Waals surface area contributed by atoms with Gasteiger partial charge < -0.3 is 4.74 Å². The van der Waals surface area contributed by atoms with Crippen LogP contribution in [0.5, 0.6) is 0 Å². The van der Waals surface area contributed by atoms with Crippen LogP contribution in [0.4, 0.5) is 0 Å². The summed E-state index contributed by atoms with van der Waals surface area (Å²) in [4.78, 5) is 22.5. The van der Waals surface area contributed by atoms with E-state index in [4.69, 9.17) is 34.8 Å². The van der Waals surface area contributed by atoms with Gasteiger partial charge in [0, 0.05) is 11.6 Å². The van der Waals surface area contributed by atoms with Crippen molar-refractivity contribution in [2.24, 2.45) is 0 Å². The summed E-state index contributed by atoms with van der Waals surface area (Å²) in [5, 5.41) is 0.412. The average molecular weight is 294 g/mol. The van der Waals surface area contributed by atoms with Crippen LogP contribution in [-0.2, 0) is 9.53 Å². The Morgan fingerprint density at radius 3 is 2.35 bits per heavy atom. The van der Waals surface area contributed by atoms with Crippen LogP contribution in [0.15, 0.2) is 24.3 Å². The van der Waals surface area contributed by atoms with Crippen LogP contribution in [-0.4, -0.2) is 18.9 Å². The fraction of sp³-hybridized carbons (Fsp3) is 0.0909. The number of benzene rings is 1. The van der Waals surface area contributed by atoms with Crippen molar-refractivity contribution >= 4 is 46.6 Å². The molecule has 0 aliphatic rings. The van der Waals surface area contributed by atoms with Crippen LogP contribution in [0.1, 0.15) is 10.4 Å². The zero-order valence-electron chi connectivity index (χ0n) is 8.67. The summed E-state index contributed by atoms with van der Waals surface area (Å²) >= 11 is 17.4. The molecule has 0 amide bonds. The molecule has 1 aromatic carbocycles. The maximum absolute atomic E-state index is 11.7. The van der Waals surface area contributed by atoms with Crippen LogP contribution >= 0.6 is 34.8 Å². The molecule has 0 unspecified atom stereocenters. The van der Waals surface area contributed by atoms with E-state index < -0.39 is 11.8 Å². The summed E-state index contributed by atoms with van der Waals surface area (Å²) in [6, 6.07) is 2.88. The van der Waals surface area contributed by atoms with Crippen molar-refractivity contribution in [2.45, 2.75) is 0 Å². The van der Waals surface area contributed by atoms with Gasteiger partial charge in [0.15, 0.2) is 5.78 Å². The zero-order chi connectivity index (χ0) is 13.0. The predicted molar refractivity (Wildman–Crippen MR) is 67.0 cm³/mol. The van der Waals surface area contributed by atoms with Gasteiger partial charge >= 0.3 is 5.97 Å². The number of methoxy groups -OCH3 is 1. The summed E-state index contributed by atoms with van der Waals surface area (Å²) in [6.45, 7) is 0. The van der Waals surface area contributed by atoms with Crippen LogP contribution in [0.25, 0.3) is 0 Å². The number of halogens is 3. The van der Waals surface area contributed by atoms with E-state index in [0.717, 1.165) is 12.2 Å². The van der Waals surface area contributed by atoms with Gasteiger partial charge in [0.2, 0.25) is 0 Å². The van der Waals surface area contributed by atoms with Gasteiger partial charge in [-0.1, -0.05) is 34.8 Å². The highest BCUT2D eigenvalue weighted by Crippen LogP contribution is 2.32. The first-order chi connectivity index (χ1) is 7.97. The predicted octanol–water partition coefficient (Wildman–Crippen LogP) is 3.56. The largest absolute Gasteiger partial charge is 0.466 e. The molecule has 0 radical (unpaired) electrons. The highest BCUT2D eigenvalue weighted by Gasteiger charge is 2.13. The summed E-state index contributed by atoms with van der Waals surface area (Å²) in [5.74, 6) is -1.09. The molecule has 0 bridgehead atoms. The molecule has 0 aliphatic heterocycles. The molecule has 0 atom stereocenters. The molecule has 0 N–H and O–H groups in total. The average Bonchev–Trinajstić information content (AvgIpc) is 2.32. The van der Waals surface area contributed by atoms with E-state index >= 15 is 0 Å². The van der Waals surface area contributed by atoms with Crippen LogP contribution < -0.4 is 0 Å². The summed E-state index contributed by atoms with van der Waals surface area (Å²) < 4.78 is 4.35. The monoisotopic (exact) mass is 292 g/mol. The van der Waals surface area contributed by atoms with Gasteiger partial charge in [-0.05, 0) is 18.2 Å². The maximum Gasteiger partial charge on any atom is 0.330 e. The standard InChI is InChI=1S/C11H7Cl3O3/c1-17-9(16)5-4-8(15)6-2-3-7(12)11(14)10(6)13/h2-5H,1H3/b5-4+. The molecule has 1 rings (SSSR count). The Balaban J connectivity index is 3.02. The van der Waals surface area contributed by atoms with Gasteiger partial charge in [-0.25, -0.2) is 4.79 Å². The molecule has 0 saturated heterocycles. The van der Waals surface area contributed by atoms with E-state index in [1.165, 1.54) is 19.2 Å². The second kappa shape index (κ2) is 6.05. The number of carbonyl (C=O) groups excluding carboxylic acids is 2. The summed E-state index contributed by atoms with van der Waals surface area (Å²) in [7, 11) is 1.21. The molecule has 0 heterocycles. The Morgan fingerprint density at radius 2 is 1.76 bits per heavy atom. The molecule has 17 heavy (non-hydrogen) atoms. The maximum atomic E-state index is 11.7. The van der Waals surface area contributed by atoms with Gasteiger partial charge in [-0.3, -0.25) is 4.79 Å². The van der Waals surface area contributed by atoms with E-state index in [-0.39, 0.29) is 20.6 Å². The minimum absolute atomic E-state index is 0.0543. The highest BCUT2D eigenvalue weighted by atomic mass is 35.5. The molecule has 0 aliphatic carbocycles. The lowest BCUT2D eigenvalue weighted by molar-refractivity contribution is -0.134. The number of ether oxygens (including phenoxy) is 1. The third kappa shape index (κ3) is 3.46. The van der Waals surface area contributed by atoms with E-state index in [2.05, 4.69) is 4.74 Å². The lowest BCUT2D eigenvalue weighted by atomic mass is 10.1. The van der Waals surface area contributed by atoms with Gasteiger partial charge in [-0.15, -0.1) is 0 Å². The molecule has 0 aromatic heterocycles. The van der Waals surface area contributed by atoms with Gasteiger partial charge in [0.1, 0.15) is 0 Å². The Labute approximate surface area is 113 Å². The molecular formula is C11H7Cl3O3. The topological polar surface area (TPSA) is 43.4 Å². The summed E-state index contributed by atoms with van der Waals surface area (Å²) in [6.07, 6.45) is 2.05. The Hall–Kier alpha value is -1.03. The van der Waals surface area contributed by atoms with E-state index in [1.807, 2.05) is 0 Å². The SMILES string of the molecule is COC(=O)/C=C/C(=O)c1ccc(Cl)c(Cl)c1Cl. The van der Waals surface area contributed by atoms with E-state index in [1.54, 1.807) is 0 Å². The first-order valence-corrected chi connectivity index (χ1v) is 5.54. The Kier molecular flexibility index (Phi) is 5.00. The lowest BCUT2D eigenvalue weighted by Crippen LogP contribution is -2.00. The fourth-order valence-corrected chi connectivity index (χ4v) is 1.65. The van der Waals surface area contributed by atoms with Crippen molar-refractivity contribution in [2.75, 3.05) is 7.11 Å². The van der Waals surface area contributed by atoms with Crippen LogP contribution in [0.3, 0.4) is 0 Å². The van der Waals surface area contributed by atoms with E-state index in [9.17, 15) is 9.59 Å². The smallest absolute Gasteiger partial charge is 0.330 e. The second-order valence-electron chi connectivity index (χ2n) is 2.94. The number of ketones is 1. The van der Waals surface area contributed by atoms with Crippen molar-refractivity contribution in [3.05, 3.63) is 44.9 Å². The normalized spacial score (nSPS) is 10.6. The first kappa shape index (κ1) is 14.0. The highest BCUT2D eigenvalue weighted by molar-refractivity contribution is 6.49. The molecule has 90 valence electrons. The third-order valence-electron chi connectivity index (χ3n) is 1.87.